The van der Waals surface area contributed by atoms with Gasteiger partial charge in [-0.1, -0.05) is 18.1 Å². The van der Waals surface area contributed by atoms with Crippen molar-refractivity contribution in [3.8, 4) is 5.75 Å². The number of alkyl carbamates (subject to hydrolysis) is 1. The van der Waals surface area contributed by atoms with Crippen LogP contribution in [0.4, 0.5) is 9.18 Å². The van der Waals surface area contributed by atoms with Gasteiger partial charge in [0.1, 0.15) is 29.7 Å². The lowest BCUT2D eigenvalue weighted by Gasteiger charge is -2.22. The second-order valence-corrected chi connectivity index (χ2v) is 5.12. The molecule has 172 valence electrons. The first-order valence-corrected chi connectivity index (χ1v) is 7.81. The fourth-order valence-electron chi connectivity index (χ4n) is 1.55. The van der Waals surface area contributed by atoms with Crippen LogP contribution in [0.25, 0.3) is 0 Å². The molecule has 1 amide bonds. The van der Waals surface area contributed by atoms with E-state index in [2.05, 4.69) is 9.47 Å². The summed E-state index contributed by atoms with van der Waals surface area (Å²) in [5.41, 5.74) is -7.92. The highest BCUT2D eigenvalue weighted by Gasteiger charge is 2.25. The van der Waals surface area contributed by atoms with Gasteiger partial charge in [-0.3, -0.25) is 4.79 Å². The van der Waals surface area contributed by atoms with Gasteiger partial charge in [0.05, 0.1) is 23.5 Å². The van der Waals surface area contributed by atoms with Crippen LogP contribution in [0.2, 0.25) is 1.41 Å². The van der Waals surface area contributed by atoms with Crippen molar-refractivity contribution in [1.82, 2.24) is 5.31 Å². The largest absolute Gasteiger partial charge is 0.489 e. The molecule has 0 fully saturated rings. The molecule has 0 aliphatic heterocycles. The van der Waals surface area contributed by atoms with Crippen molar-refractivity contribution in [2.45, 2.75) is 51.5 Å². The zero-order valence-corrected chi connectivity index (χ0v) is 15.5. The number of amides is 1. The second kappa shape index (κ2) is 11.3. The maximum Gasteiger partial charge on any atom is 0.408 e. The summed E-state index contributed by atoms with van der Waals surface area (Å²) in [5, 5.41) is -1.44. The fourth-order valence-corrected chi connectivity index (χ4v) is 1.55. The lowest BCUT2D eigenvalue weighted by molar-refractivity contribution is -0.143. The molecular weight excluding hydrogens is 417 g/mol. The maximum atomic E-state index is 14.9. The number of halogens is 1. The number of ether oxygens (including phenoxy) is 3. The predicted molar refractivity (Wildman–Crippen MR) is 116 cm³/mol. The standard InChI is InChI=1S/C24H28FNO6/c1-24(2,3)32-23(29)26-20(22(28)30-4)13-14-21(27)16-9-11-18(12-10-16)31-15-17-7-5-6-8-19(17)25/h5-12,20H,13-15H2,1-4H3,(H,26,29)/t20-/m0/s1/i1D3,2D3,3D3,4D,5D,6D,7D,8D,9D,10D,11D,12D,13D2,14D2,15D2,20D/hD. The number of Topliss-reactive ketones (excluding diaryl/α,β-unsaturated/α-hetero) is 1. The summed E-state index contributed by atoms with van der Waals surface area (Å²) in [6, 6.07) is -16.5. The number of methoxy groups -OCH3 is 1. The van der Waals surface area contributed by atoms with E-state index in [4.69, 9.17) is 40.4 Å². The normalized spacial score (nSPS) is 27.2. The number of rotatable bonds is 9. The minimum Gasteiger partial charge on any atom is -0.489 e. The van der Waals surface area contributed by atoms with E-state index < -0.39 is 153 Å². The van der Waals surface area contributed by atoms with Gasteiger partial charge in [-0.05, 0) is 57.1 Å². The van der Waals surface area contributed by atoms with E-state index in [-0.39, 0.29) is 0 Å². The van der Waals surface area contributed by atoms with Crippen LogP contribution in [0.1, 0.15) is 83.5 Å². The zero-order valence-electron chi connectivity index (χ0n) is 41.5. The zero-order chi connectivity index (χ0) is 46.1. The maximum absolute atomic E-state index is 14.9. The smallest absolute Gasteiger partial charge is 0.408 e. The van der Waals surface area contributed by atoms with Gasteiger partial charge < -0.3 is 19.5 Å². The van der Waals surface area contributed by atoms with Crippen molar-refractivity contribution in [3.63, 3.8) is 0 Å². The number of nitrogens with one attached hydrogen (secondary N) is 1. The number of ketones is 1. The number of benzene rings is 2. The molecule has 2 aromatic carbocycles. The van der Waals surface area contributed by atoms with E-state index in [0.29, 0.717) is 0 Å². The molecule has 1 N–H and O–H groups in total. The van der Waals surface area contributed by atoms with Crippen molar-refractivity contribution in [2.75, 3.05) is 7.09 Å². The molecule has 1 atom stereocenters. The number of carbonyl (C=O) groups excluding carboxylic acids is 3. The third kappa shape index (κ3) is 8.02. The predicted octanol–water partition coefficient (Wildman–Crippen LogP) is 4.43. The van der Waals surface area contributed by atoms with Crippen molar-refractivity contribution in [3.05, 3.63) is 65.3 Å². The van der Waals surface area contributed by atoms with Crippen LogP contribution in [0.3, 0.4) is 0 Å². The van der Waals surface area contributed by atoms with Gasteiger partial charge in [0, 0.05) is 35.3 Å². The lowest BCUT2D eigenvalue weighted by atomic mass is 10.0. The Hall–Kier alpha value is -3.42. The SMILES string of the molecule is [2H]COC(=O)[C@@]([2H])(N([2H])C(=O)OC(C([2H])([2H])[2H])(C([2H])([2H])[2H])C([2H])([2H])[2H])C([2H])([2H])C([2H])([2H])C(=O)c1c([2H])c([2H])c(OC([2H])([2H])c2c([2H])c([2H])c([2H])c([2H])c2F)c([2H])c1[2H]. The highest BCUT2D eigenvalue weighted by atomic mass is 19.1. The summed E-state index contributed by atoms with van der Waals surface area (Å²) in [7, 11) is -1.61. The molecule has 0 aliphatic carbocycles. The topological polar surface area (TPSA) is 90.9 Å². The van der Waals surface area contributed by atoms with E-state index in [0.717, 1.165) is 0 Å². The van der Waals surface area contributed by atoms with Crippen LogP contribution in [0.15, 0.2) is 48.3 Å². The van der Waals surface area contributed by atoms with E-state index >= 15 is 0 Å². The molecule has 0 bridgehead atoms. The number of esters is 1. The van der Waals surface area contributed by atoms with E-state index in [1.165, 1.54) is 0 Å². The highest BCUT2D eigenvalue weighted by Crippen LogP contribution is 2.17. The molecule has 8 heteroatoms. The van der Waals surface area contributed by atoms with Crippen LogP contribution >= 0.6 is 0 Å². The van der Waals surface area contributed by atoms with Crippen LogP contribution in [0, 0.1) is 5.82 Å². The Labute approximate surface area is 223 Å². The van der Waals surface area contributed by atoms with Crippen molar-refractivity contribution in [2.24, 2.45) is 0 Å². The van der Waals surface area contributed by atoms with Gasteiger partial charge in [0.15, 0.2) is 7.20 Å². The molecule has 0 saturated carbocycles. The van der Waals surface area contributed by atoms with E-state index in [1.54, 1.807) is 0 Å². The van der Waals surface area contributed by atoms with E-state index in [9.17, 15) is 18.8 Å². The molecule has 2 aromatic rings. The molecule has 2 rings (SSSR count). The number of carbonyl (C=O) groups is 3. The number of hydrogen-bond donors (Lipinski definition) is 1. The Morgan fingerprint density at radius 3 is 2.62 bits per heavy atom. The minimum absolute atomic E-state index is 1.15. The molecule has 0 aromatic heterocycles. The first kappa shape index (κ1) is 7.04. The highest BCUT2D eigenvalue weighted by molar-refractivity contribution is 5.96. The van der Waals surface area contributed by atoms with Gasteiger partial charge in [-0.2, -0.15) is 0 Å². The van der Waals surface area contributed by atoms with Crippen molar-refractivity contribution in [1.29, 1.82) is 0 Å². The molecule has 0 spiro atoms. The first-order valence-electron chi connectivity index (χ1n) is 21.0. The molecule has 0 saturated heterocycles. The summed E-state index contributed by atoms with van der Waals surface area (Å²) in [4.78, 5) is 40.0. The van der Waals surface area contributed by atoms with Gasteiger partial charge in [-0.25, -0.2) is 14.0 Å². The summed E-state index contributed by atoms with van der Waals surface area (Å²) in [6.07, 6.45) is -12.5. The van der Waals surface area contributed by atoms with Gasteiger partial charge in [0.25, 0.3) is 0 Å². The monoisotopic (exact) mass is 471 g/mol. The van der Waals surface area contributed by atoms with Gasteiger partial charge >= 0.3 is 12.1 Å². The second-order valence-electron chi connectivity index (χ2n) is 5.12. The quantitative estimate of drug-likeness (QED) is 0.430. The first-order chi connectivity index (χ1) is 25.7. The average Bonchev–Trinajstić information content (AvgIpc) is 3.07. The lowest BCUT2D eigenvalue weighted by Crippen LogP contribution is -2.44. The molecule has 7 nitrogen and oxygen atoms in total. The average molecular weight is 472 g/mol. The molecule has 0 unspecified atom stereocenters. The molecule has 0 radical (unpaired) electrons. The fraction of sp³-hybridized carbons (Fsp3) is 0.375. The summed E-state index contributed by atoms with van der Waals surface area (Å²) in [5.74, 6) is -8.63. The Morgan fingerprint density at radius 1 is 1.22 bits per heavy atom. The Morgan fingerprint density at radius 2 is 1.94 bits per heavy atom. The third-order valence-electron chi connectivity index (χ3n) is 2.79. The van der Waals surface area contributed by atoms with Crippen molar-refractivity contribution < 1.29 is 68.7 Å². The van der Waals surface area contributed by atoms with Gasteiger partial charge in [0.2, 0.25) is 0 Å². The Kier molecular flexibility index (Phi) is 2.48. The Balaban J connectivity index is 2.87. The molecule has 0 aliphatic rings. The summed E-state index contributed by atoms with van der Waals surface area (Å²) >= 11 is 0. The number of hydrogen-bond acceptors (Lipinski definition) is 6. The molecule has 32 heavy (non-hydrogen) atoms. The summed E-state index contributed by atoms with van der Waals surface area (Å²) < 4.78 is 233. The van der Waals surface area contributed by atoms with Crippen molar-refractivity contribution >= 4 is 17.8 Å². The van der Waals surface area contributed by atoms with Crippen LogP contribution in [-0.4, -0.2) is 36.6 Å². The minimum atomic E-state index is -4.85. The van der Waals surface area contributed by atoms with Crippen LogP contribution in [-0.2, 0) is 20.8 Å². The van der Waals surface area contributed by atoms with Gasteiger partial charge in [-0.15, -0.1) is 0 Å². The Bertz CT molecular complexity index is 1900. The molecule has 0 heterocycles. The van der Waals surface area contributed by atoms with Crippen LogP contribution < -0.4 is 10.0 Å². The third-order valence-corrected chi connectivity index (χ3v) is 2.79. The molecular formula is C24H28FNO6. The summed E-state index contributed by atoms with van der Waals surface area (Å²) in [6.45, 7) is -16.8. The van der Waals surface area contributed by atoms with E-state index in [1.807, 2.05) is 0 Å². The van der Waals surface area contributed by atoms with Crippen LogP contribution in [0.5, 0.6) is 5.75 Å².